The number of hydrogen-bond donors (Lipinski definition) is 3. The molecular weight excluding hydrogens is 373 g/mol. The zero-order chi connectivity index (χ0) is 20.0. The molecule has 0 aliphatic rings. The molecule has 2 amide bonds. The molecule has 0 fully saturated rings. The van der Waals surface area contributed by atoms with Crippen LogP contribution in [0.2, 0.25) is 0 Å². The first-order valence-electron chi connectivity index (χ1n) is 8.10. The van der Waals surface area contributed by atoms with Crippen molar-refractivity contribution in [2.75, 3.05) is 7.05 Å². The molecule has 2 rings (SSSR count). The molecule has 0 bridgehead atoms. The molecule has 0 saturated carbocycles. The first-order valence-corrected chi connectivity index (χ1v) is 9.58. The molecule has 2 aromatic carbocycles. The lowest BCUT2D eigenvalue weighted by atomic mass is 10.1. The van der Waals surface area contributed by atoms with Gasteiger partial charge in [-0.25, -0.2) is 17.5 Å². The van der Waals surface area contributed by atoms with Gasteiger partial charge >= 0.3 is 0 Å². The maximum atomic E-state index is 14.0. The number of halogens is 1. The van der Waals surface area contributed by atoms with E-state index in [2.05, 4.69) is 15.4 Å². The molecular formula is C18H20FN3O4S. The van der Waals surface area contributed by atoms with Crippen molar-refractivity contribution in [2.45, 2.75) is 24.4 Å². The lowest BCUT2D eigenvalue weighted by molar-refractivity contribution is -0.122. The Morgan fingerprint density at radius 3 is 2.41 bits per heavy atom. The zero-order valence-corrected chi connectivity index (χ0v) is 15.6. The lowest BCUT2D eigenvalue weighted by Crippen LogP contribution is -2.44. The smallest absolute Gasteiger partial charge is 0.254 e. The fourth-order valence-electron chi connectivity index (χ4n) is 2.24. The van der Waals surface area contributed by atoms with Crippen LogP contribution in [-0.4, -0.2) is 33.3 Å². The molecule has 2 aromatic rings. The minimum atomic E-state index is -3.83. The van der Waals surface area contributed by atoms with Crippen LogP contribution in [0.4, 0.5) is 4.39 Å². The second kappa shape index (κ2) is 8.74. The van der Waals surface area contributed by atoms with Gasteiger partial charge in [0.15, 0.2) is 0 Å². The van der Waals surface area contributed by atoms with Gasteiger partial charge in [0, 0.05) is 6.54 Å². The van der Waals surface area contributed by atoms with Gasteiger partial charge in [-0.1, -0.05) is 30.3 Å². The van der Waals surface area contributed by atoms with E-state index in [0.29, 0.717) is 0 Å². The number of benzene rings is 2. The first-order chi connectivity index (χ1) is 12.7. The SMILES string of the molecule is CNS(=O)(=O)c1ccc(F)c(C(=O)NC(C)C(=O)NCc2ccccc2)c1. The normalized spacial score (nSPS) is 12.3. The van der Waals surface area contributed by atoms with Crippen LogP contribution >= 0.6 is 0 Å². The van der Waals surface area contributed by atoms with Crippen molar-refractivity contribution in [1.29, 1.82) is 0 Å². The van der Waals surface area contributed by atoms with Crippen LogP contribution in [0, 0.1) is 5.82 Å². The Kier molecular flexibility index (Phi) is 6.65. The fraction of sp³-hybridized carbons (Fsp3) is 0.222. The van der Waals surface area contributed by atoms with E-state index in [1.165, 1.54) is 14.0 Å². The summed E-state index contributed by atoms with van der Waals surface area (Å²) in [6, 6.07) is 11.1. The number of sulfonamides is 1. The van der Waals surface area contributed by atoms with Crippen molar-refractivity contribution in [1.82, 2.24) is 15.4 Å². The highest BCUT2D eigenvalue weighted by Crippen LogP contribution is 2.15. The molecule has 7 nitrogen and oxygen atoms in total. The molecule has 0 radical (unpaired) electrons. The average Bonchev–Trinajstić information content (AvgIpc) is 2.66. The topological polar surface area (TPSA) is 104 Å². The second-order valence-electron chi connectivity index (χ2n) is 5.75. The van der Waals surface area contributed by atoms with E-state index in [-0.39, 0.29) is 11.4 Å². The number of amides is 2. The Morgan fingerprint density at radius 1 is 1.11 bits per heavy atom. The van der Waals surface area contributed by atoms with E-state index in [1.54, 1.807) is 0 Å². The van der Waals surface area contributed by atoms with Gasteiger partial charge in [-0.15, -0.1) is 0 Å². The van der Waals surface area contributed by atoms with Gasteiger partial charge in [0.1, 0.15) is 11.9 Å². The summed E-state index contributed by atoms with van der Waals surface area (Å²) < 4.78 is 39.7. The standard InChI is InChI=1S/C18H20FN3O4S/c1-12(17(23)21-11-13-6-4-3-5-7-13)22-18(24)15-10-14(8-9-16(15)19)27(25,26)20-2/h3-10,12,20H,11H2,1-2H3,(H,21,23)(H,22,24). The fourth-order valence-corrected chi connectivity index (χ4v) is 3.00. The molecule has 0 aromatic heterocycles. The molecule has 1 unspecified atom stereocenters. The maximum Gasteiger partial charge on any atom is 0.254 e. The van der Waals surface area contributed by atoms with Crippen LogP contribution in [-0.2, 0) is 21.4 Å². The molecule has 0 saturated heterocycles. The highest BCUT2D eigenvalue weighted by molar-refractivity contribution is 7.89. The number of carbonyl (C=O) groups excluding carboxylic acids is 2. The monoisotopic (exact) mass is 393 g/mol. The summed E-state index contributed by atoms with van der Waals surface area (Å²) in [4.78, 5) is 24.1. The summed E-state index contributed by atoms with van der Waals surface area (Å²) in [5.41, 5.74) is 0.425. The van der Waals surface area contributed by atoms with Crippen LogP contribution in [0.5, 0.6) is 0 Å². The minimum Gasteiger partial charge on any atom is -0.350 e. The quantitative estimate of drug-likeness (QED) is 0.657. The van der Waals surface area contributed by atoms with Gasteiger partial charge in [-0.3, -0.25) is 9.59 Å². The third-order valence-electron chi connectivity index (χ3n) is 3.81. The Balaban J connectivity index is 2.05. The van der Waals surface area contributed by atoms with E-state index < -0.39 is 39.3 Å². The summed E-state index contributed by atoms with van der Waals surface area (Å²) in [6.07, 6.45) is 0. The minimum absolute atomic E-state index is 0.252. The van der Waals surface area contributed by atoms with Gasteiger partial charge in [-0.2, -0.15) is 0 Å². The Labute approximate surface area is 157 Å². The highest BCUT2D eigenvalue weighted by Gasteiger charge is 2.21. The van der Waals surface area contributed by atoms with Gasteiger partial charge in [0.25, 0.3) is 5.91 Å². The predicted octanol–water partition coefficient (Wildman–Crippen LogP) is 1.17. The van der Waals surface area contributed by atoms with E-state index >= 15 is 0 Å². The molecule has 9 heteroatoms. The molecule has 0 spiro atoms. The Bertz CT molecular complexity index is 933. The number of nitrogens with one attached hydrogen (secondary N) is 3. The van der Waals surface area contributed by atoms with E-state index in [9.17, 15) is 22.4 Å². The van der Waals surface area contributed by atoms with Crippen molar-refractivity contribution in [3.63, 3.8) is 0 Å². The van der Waals surface area contributed by atoms with Crippen LogP contribution < -0.4 is 15.4 Å². The summed E-state index contributed by atoms with van der Waals surface area (Å²) >= 11 is 0. The third kappa shape index (κ3) is 5.35. The van der Waals surface area contributed by atoms with Crippen LogP contribution in [0.3, 0.4) is 0 Å². The predicted molar refractivity (Wildman–Crippen MR) is 97.9 cm³/mol. The molecule has 1 atom stereocenters. The molecule has 0 aliphatic heterocycles. The maximum absolute atomic E-state index is 14.0. The first kappa shape index (κ1) is 20.5. The van der Waals surface area contributed by atoms with Gasteiger partial charge < -0.3 is 10.6 Å². The largest absolute Gasteiger partial charge is 0.350 e. The van der Waals surface area contributed by atoms with Crippen LogP contribution in [0.25, 0.3) is 0 Å². The van der Waals surface area contributed by atoms with E-state index in [1.807, 2.05) is 30.3 Å². The number of hydrogen-bond acceptors (Lipinski definition) is 4. The molecule has 0 heterocycles. The van der Waals surface area contributed by atoms with Crippen molar-refractivity contribution < 1.29 is 22.4 Å². The Morgan fingerprint density at radius 2 is 1.78 bits per heavy atom. The number of carbonyl (C=O) groups is 2. The summed E-state index contributed by atoms with van der Waals surface area (Å²) in [7, 11) is -2.63. The second-order valence-corrected chi connectivity index (χ2v) is 7.63. The molecule has 3 N–H and O–H groups in total. The lowest BCUT2D eigenvalue weighted by Gasteiger charge is -2.15. The average molecular weight is 393 g/mol. The van der Waals surface area contributed by atoms with Crippen molar-refractivity contribution in [3.8, 4) is 0 Å². The van der Waals surface area contributed by atoms with Crippen molar-refractivity contribution >= 4 is 21.8 Å². The molecule has 0 aliphatic carbocycles. The van der Waals surface area contributed by atoms with E-state index in [4.69, 9.17) is 0 Å². The third-order valence-corrected chi connectivity index (χ3v) is 5.22. The van der Waals surface area contributed by atoms with Crippen molar-refractivity contribution in [2.24, 2.45) is 0 Å². The van der Waals surface area contributed by atoms with Gasteiger partial charge in [0.05, 0.1) is 10.5 Å². The van der Waals surface area contributed by atoms with E-state index in [0.717, 1.165) is 23.8 Å². The molecule has 27 heavy (non-hydrogen) atoms. The summed E-state index contributed by atoms with van der Waals surface area (Å²) in [5.74, 6) is -2.23. The van der Waals surface area contributed by atoms with Crippen LogP contribution in [0.1, 0.15) is 22.8 Å². The van der Waals surface area contributed by atoms with Crippen LogP contribution in [0.15, 0.2) is 53.4 Å². The zero-order valence-electron chi connectivity index (χ0n) is 14.8. The highest BCUT2D eigenvalue weighted by atomic mass is 32.2. The summed E-state index contributed by atoms with van der Waals surface area (Å²) in [5, 5.41) is 5.03. The number of rotatable bonds is 7. The Hall–Kier alpha value is -2.78. The van der Waals surface area contributed by atoms with Gasteiger partial charge in [-0.05, 0) is 37.7 Å². The van der Waals surface area contributed by atoms with Crippen molar-refractivity contribution in [3.05, 3.63) is 65.5 Å². The van der Waals surface area contributed by atoms with Gasteiger partial charge in [0.2, 0.25) is 15.9 Å². The summed E-state index contributed by atoms with van der Waals surface area (Å²) in [6.45, 7) is 1.73. The molecule has 144 valence electrons.